The van der Waals surface area contributed by atoms with E-state index < -0.39 is 0 Å². The van der Waals surface area contributed by atoms with Crippen LogP contribution in [0.2, 0.25) is 0 Å². The average Bonchev–Trinajstić information content (AvgIpc) is 2.52. The molecule has 2 aromatic heterocycles. The second-order valence-corrected chi connectivity index (χ2v) is 4.45. The predicted octanol–water partition coefficient (Wildman–Crippen LogP) is 0.995. The summed E-state index contributed by atoms with van der Waals surface area (Å²) in [4.78, 5) is 0. The molecule has 0 N–H and O–H groups in total. The normalized spacial score (nSPS) is 10.6. The zero-order valence-electron chi connectivity index (χ0n) is 11.7. The van der Waals surface area contributed by atoms with Crippen molar-refractivity contribution in [2.75, 3.05) is 26.4 Å². The Balaban J connectivity index is 1.44. The number of hydrogen-bond acceptors (Lipinski definition) is 2. The van der Waals surface area contributed by atoms with Gasteiger partial charge in [0.2, 0.25) is 0 Å². The van der Waals surface area contributed by atoms with E-state index >= 15 is 0 Å². The molecule has 4 nitrogen and oxygen atoms in total. The lowest BCUT2D eigenvalue weighted by Crippen LogP contribution is -2.35. The van der Waals surface area contributed by atoms with Crippen LogP contribution < -0.4 is 9.13 Å². The van der Waals surface area contributed by atoms with Gasteiger partial charge in [0, 0.05) is 24.3 Å². The quantitative estimate of drug-likeness (QED) is 0.503. The van der Waals surface area contributed by atoms with E-state index in [1.807, 2.05) is 61.2 Å². The van der Waals surface area contributed by atoms with Gasteiger partial charge in [-0.15, -0.1) is 0 Å². The lowest BCUT2D eigenvalue weighted by atomic mass is 10.5. The first-order valence-corrected chi connectivity index (χ1v) is 6.99. The molecular formula is C16H22N2O2+2. The fraction of sp³-hybridized carbons (Fsp3) is 0.375. The second-order valence-electron chi connectivity index (χ2n) is 4.45. The largest absolute Gasteiger partial charge is 0.372 e. The highest BCUT2D eigenvalue weighted by Gasteiger charge is 1.99. The van der Waals surface area contributed by atoms with Crippen LogP contribution in [0, 0.1) is 0 Å². The molecule has 20 heavy (non-hydrogen) atoms. The van der Waals surface area contributed by atoms with Crippen LogP contribution in [0.15, 0.2) is 61.2 Å². The van der Waals surface area contributed by atoms with Crippen LogP contribution in [0.25, 0.3) is 0 Å². The van der Waals surface area contributed by atoms with E-state index in [0.29, 0.717) is 26.4 Å². The molecule has 0 amide bonds. The smallest absolute Gasteiger partial charge is 0.171 e. The summed E-state index contributed by atoms with van der Waals surface area (Å²) >= 11 is 0. The molecule has 0 aromatic carbocycles. The second kappa shape index (κ2) is 9.18. The minimum Gasteiger partial charge on any atom is -0.372 e. The summed E-state index contributed by atoms with van der Waals surface area (Å²) in [5.41, 5.74) is 0. The van der Waals surface area contributed by atoms with E-state index in [1.54, 1.807) is 0 Å². The van der Waals surface area contributed by atoms with Crippen LogP contribution in [0.3, 0.4) is 0 Å². The van der Waals surface area contributed by atoms with Gasteiger partial charge >= 0.3 is 0 Å². The van der Waals surface area contributed by atoms with Crippen LogP contribution in [0.5, 0.6) is 0 Å². The van der Waals surface area contributed by atoms with Crippen molar-refractivity contribution < 1.29 is 18.6 Å². The third-order valence-corrected chi connectivity index (χ3v) is 2.91. The van der Waals surface area contributed by atoms with Crippen molar-refractivity contribution >= 4 is 0 Å². The van der Waals surface area contributed by atoms with Gasteiger partial charge in [-0.1, -0.05) is 12.1 Å². The predicted molar refractivity (Wildman–Crippen MR) is 74.9 cm³/mol. The molecular weight excluding hydrogens is 252 g/mol. The van der Waals surface area contributed by atoms with Crippen LogP contribution >= 0.6 is 0 Å². The molecule has 0 aliphatic carbocycles. The van der Waals surface area contributed by atoms with Crippen molar-refractivity contribution in [3.05, 3.63) is 61.2 Å². The summed E-state index contributed by atoms with van der Waals surface area (Å²) in [6.45, 7) is 4.47. The van der Waals surface area contributed by atoms with E-state index in [2.05, 4.69) is 9.13 Å². The number of rotatable bonds is 9. The third-order valence-electron chi connectivity index (χ3n) is 2.91. The lowest BCUT2D eigenvalue weighted by Gasteiger charge is -2.03. The van der Waals surface area contributed by atoms with Gasteiger partial charge in [0.25, 0.3) is 0 Å². The van der Waals surface area contributed by atoms with Gasteiger partial charge in [0.15, 0.2) is 37.9 Å². The van der Waals surface area contributed by atoms with Crippen LogP contribution in [-0.4, -0.2) is 26.4 Å². The van der Waals surface area contributed by atoms with Gasteiger partial charge in [0.05, 0.1) is 13.2 Å². The molecule has 0 bridgehead atoms. The first kappa shape index (κ1) is 14.6. The molecule has 0 spiro atoms. The summed E-state index contributed by atoms with van der Waals surface area (Å²) in [5.74, 6) is 0. The SMILES string of the molecule is c1cc[n+](CCOCCOCC[n+]2ccccc2)cc1. The van der Waals surface area contributed by atoms with Gasteiger partial charge < -0.3 is 9.47 Å². The average molecular weight is 274 g/mol. The Labute approximate surface area is 120 Å². The van der Waals surface area contributed by atoms with Gasteiger partial charge in [-0.2, -0.15) is 0 Å². The Morgan fingerprint density at radius 2 is 0.900 bits per heavy atom. The van der Waals surface area contributed by atoms with Crippen molar-refractivity contribution in [3.63, 3.8) is 0 Å². The number of hydrogen-bond donors (Lipinski definition) is 0. The third kappa shape index (κ3) is 5.91. The van der Waals surface area contributed by atoms with Gasteiger partial charge in [-0.05, 0) is 0 Å². The van der Waals surface area contributed by atoms with Crippen LogP contribution in [0.1, 0.15) is 0 Å². The standard InChI is InChI=1S/C16H22N2O2/c1-3-7-17(8-4-1)11-13-19-15-16-20-14-12-18-9-5-2-6-10-18/h1-10H,11-16H2/q+2. The maximum absolute atomic E-state index is 5.54. The molecule has 0 aliphatic rings. The topological polar surface area (TPSA) is 26.2 Å². The van der Waals surface area contributed by atoms with Gasteiger partial charge in [-0.3, -0.25) is 0 Å². The van der Waals surface area contributed by atoms with Crippen molar-refractivity contribution in [1.29, 1.82) is 0 Å². The zero-order valence-corrected chi connectivity index (χ0v) is 11.7. The van der Waals surface area contributed by atoms with Crippen molar-refractivity contribution in [2.24, 2.45) is 0 Å². The van der Waals surface area contributed by atoms with Crippen molar-refractivity contribution in [2.45, 2.75) is 13.1 Å². The fourth-order valence-electron chi connectivity index (χ4n) is 1.83. The number of ether oxygens (including phenoxy) is 2. The Hall–Kier alpha value is -1.78. The van der Waals surface area contributed by atoms with Crippen LogP contribution in [-0.2, 0) is 22.6 Å². The van der Waals surface area contributed by atoms with E-state index in [1.165, 1.54) is 0 Å². The molecule has 0 atom stereocenters. The lowest BCUT2D eigenvalue weighted by molar-refractivity contribution is -0.699. The fourth-order valence-corrected chi connectivity index (χ4v) is 1.83. The van der Waals surface area contributed by atoms with Crippen molar-refractivity contribution in [3.8, 4) is 0 Å². The summed E-state index contributed by atoms with van der Waals surface area (Å²) in [6, 6.07) is 12.1. The molecule has 0 radical (unpaired) electrons. The molecule has 2 heterocycles. The van der Waals surface area contributed by atoms with Crippen LogP contribution in [0.4, 0.5) is 0 Å². The highest BCUT2D eigenvalue weighted by molar-refractivity contribution is 4.84. The number of nitrogens with zero attached hydrogens (tertiary/aromatic N) is 2. The molecule has 2 rings (SSSR count). The molecule has 106 valence electrons. The highest BCUT2D eigenvalue weighted by atomic mass is 16.5. The first-order valence-electron chi connectivity index (χ1n) is 6.99. The summed E-state index contributed by atoms with van der Waals surface area (Å²) in [7, 11) is 0. The monoisotopic (exact) mass is 274 g/mol. The maximum atomic E-state index is 5.54. The maximum Gasteiger partial charge on any atom is 0.171 e. The van der Waals surface area contributed by atoms with Gasteiger partial charge in [-0.25, -0.2) is 9.13 Å². The number of pyridine rings is 2. The van der Waals surface area contributed by atoms with E-state index in [0.717, 1.165) is 13.1 Å². The summed E-state index contributed by atoms with van der Waals surface area (Å²) < 4.78 is 15.3. The van der Waals surface area contributed by atoms with E-state index in [9.17, 15) is 0 Å². The Bertz CT molecular complexity index is 417. The zero-order chi connectivity index (χ0) is 13.9. The van der Waals surface area contributed by atoms with E-state index in [4.69, 9.17) is 9.47 Å². The molecule has 0 unspecified atom stereocenters. The summed E-state index contributed by atoms with van der Waals surface area (Å²) in [6.07, 6.45) is 8.15. The minimum absolute atomic E-state index is 0.646. The van der Waals surface area contributed by atoms with E-state index in [-0.39, 0.29) is 0 Å². The van der Waals surface area contributed by atoms with Crippen molar-refractivity contribution in [1.82, 2.24) is 0 Å². The highest BCUT2D eigenvalue weighted by Crippen LogP contribution is 1.82. The van der Waals surface area contributed by atoms with Gasteiger partial charge in [0.1, 0.15) is 13.2 Å². The molecule has 0 saturated carbocycles. The molecule has 4 heteroatoms. The molecule has 0 aliphatic heterocycles. The number of aromatic nitrogens is 2. The Morgan fingerprint density at radius 1 is 0.500 bits per heavy atom. The first-order chi connectivity index (χ1) is 9.95. The summed E-state index contributed by atoms with van der Waals surface area (Å²) in [5, 5.41) is 0. The molecule has 2 aromatic rings. The Kier molecular flexibility index (Phi) is 6.71. The minimum atomic E-state index is 0.646. The Morgan fingerprint density at radius 3 is 1.30 bits per heavy atom. The molecule has 0 fully saturated rings. The molecule has 0 saturated heterocycles.